The maximum atomic E-state index is 12.5. The van der Waals surface area contributed by atoms with Gasteiger partial charge in [0.2, 0.25) is 0 Å². The van der Waals surface area contributed by atoms with Crippen molar-refractivity contribution in [2.24, 2.45) is 5.92 Å². The van der Waals surface area contributed by atoms with E-state index in [1.54, 1.807) is 11.8 Å². The molecule has 1 aliphatic heterocycles. The largest absolute Gasteiger partial charge is 0.481 e. The molecule has 23 heavy (non-hydrogen) atoms. The third kappa shape index (κ3) is 4.24. The summed E-state index contributed by atoms with van der Waals surface area (Å²) < 4.78 is 10.5. The van der Waals surface area contributed by atoms with Crippen molar-refractivity contribution in [3.05, 3.63) is 29.3 Å². The van der Waals surface area contributed by atoms with E-state index in [-0.39, 0.29) is 17.8 Å². The Bertz CT molecular complexity index is 576. The van der Waals surface area contributed by atoms with E-state index in [1.807, 2.05) is 32.0 Å². The Hall–Kier alpha value is -2.04. The van der Waals surface area contributed by atoms with Gasteiger partial charge in [-0.05, 0) is 56.9 Å². The summed E-state index contributed by atoms with van der Waals surface area (Å²) in [6.07, 6.45) is 0.760. The molecule has 0 N–H and O–H groups in total. The first-order valence-corrected chi connectivity index (χ1v) is 8.03. The third-order valence-corrected chi connectivity index (χ3v) is 4.48. The molecule has 1 unspecified atom stereocenters. The number of amides is 1. The predicted molar refractivity (Wildman–Crippen MR) is 87.3 cm³/mol. The minimum Gasteiger partial charge on any atom is -0.481 e. The highest BCUT2D eigenvalue weighted by molar-refractivity contribution is 5.81. The Morgan fingerprint density at radius 3 is 2.39 bits per heavy atom. The van der Waals surface area contributed by atoms with Crippen molar-refractivity contribution in [1.82, 2.24) is 4.90 Å². The number of carbonyl (C=O) groups is 2. The maximum Gasteiger partial charge on any atom is 0.308 e. The molecular formula is C18H25NO4. The van der Waals surface area contributed by atoms with Crippen LogP contribution in [0.4, 0.5) is 0 Å². The summed E-state index contributed by atoms with van der Waals surface area (Å²) in [5.74, 6) is 0.390. The second-order valence-corrected chi connectivity index (χ2v) is 6.13. The SMILES string of the molecule is COC(=O)C1CCN(C(=O)C(C)Oc2ccc(C)c(C)c2)CC1. The number of hydrogen-bond donors (Lipinski definition) is 0. The average molecular weight is 319 g/mol. The highest BCUT2D eigenvalue weighted by atomic mass is 16.5. The molecule has 0 bridgehead atoms. The monoisotopic (exact) mass is 319 g/mol. The van der Waals surface area contributed by atoms with Crippen molar-refractivity contribution in [3.63, 3.8) is 0 Å². The standard InChI is InChI=1S/C18H25NO4/c1-12-5-6-16(11-13(12)2)23-14(3)17(20)19-9-7-15(8-10-19)18(21)22-4/h5-6,11,14-15H,7-10H2,1-4H3. The number of esters is 1. The smallest absolute Gasteiger partial charge is 0.308 e. The van der Waals surface area contributed by atoms with E-state index in [0.29, 0.717) is 31.7 Å². The predicted octanol–water partition coefficient (Wildman–Crippen LogP) is 2.48. The summed E-state index contributed by atoms with van der Waals surface area (Å²) in [5.41, 5.74) is 2.34. The van der Waals surface area contributed by atoms with Gasteiger partial charge in [-0.3, -0.25) is 9.59 Å². The van der Waals surface area contributed by atoms with Crippen LogP contribution in [0.15, 0.2) is 18.2 Å². The molecule has 0 spiro atoms. The molecule has 1 atom stereocenters. The van der Waals surface area contributed by atoms with Crippen LogP contribution in [-0.2, 0) is 14.3 Å². The molecule has 2 rings (SSSR count). The van der Waals surface area contributed by atoms with Gasteiger partial charge >= 0.3 is 5.97 Å². The Morgan fingerprint density at radius 2 is 1.83 bits per heavy atom. The van der Waals surface area contributed by atoms with Crippen molar-refractivity contribution in [1.29, 1.82) is 0 Å². The van der Waals surface area contributed by atoms with E-state index in [4.69, 9.17) is 9.47 Å². The number of nitrogens with zero attached hydrogens (tertiary/aromatic N) is 1. The molecule has 1 aromatic rings. The Labute approximate surface area is 137 Å². The Morgan fingerprint density at radius 1 is 1.17 bits per heavy atom. The number of likely N-dealkylation sites (tertiary alicyclic amines) is 1. The second-order valence-electron chi connectivity index (χ2n) is 6.13. The number of benzene rings is 1. The number of rotatable bonds is 4. The summed E-state index contributed by atoms with van der Waals surface area (Å²) in [4.78, 5) is 25.8. The van der Waals surface area contributed by atoms with Crippen molar-refractivity contribution in [2.75, 3.05) is 20.2 Å². The first-order chi connectivity index (χ1) is 10.9. The molecule has 0 aromatic heterocycles. The van der Waals surface area contributed by atoms with E-state index in [1.165, 1.54) is 12.7 Å². The lowest BCUT2D eigenvalue weighted by molar-refractivity contribution is -0.150. The molecule has 1 saturated heterocycles. The topological polar surface area (TPSA) is 55.8 Å². The van der Waals surface area contributed by atoms with Gasteiger partial charge in [-0.1, -0.05) is 6.07 Å². The van der Waals surface area contributed by atoms with Crippen molar-refractivity contribution in [2.45, 2.75) is 39.7 Å². The van der Waals surface area contributed by atoms with Crippen LogP contribution in [0.1, 0.15) is 30.9 Å². The van der Waals surface area contributed by atoms with E-state index < -0.39 is 6.10 Å². The highest BCUT2D eigenvalue weighted by Gasteiger charge is 2.30. The van der Waals surface area contributed by atoms with Crippen LogP contribution >= 0.6 is 0 Å². The number of ether oxygens (including phenoxy) is 2. The van der Waals surface area contributed by atoms with E-state index in [0.717, 1.165) is 5.56 Å². The van der Waals surface area contributed by atoms with Crippen LogP contribution in [0.25, 0.3) is 0 Å². The number of carbonyl (C=O) groups excluding carboxylic acids is 2. The van der Waals surface area contributed by atoms with Gasteiger partial charge < -0.3 is 14.4 Å². The molecule has 1 amide bonds. The molecule has 1 heterocycles. The van der Waals surface area contributed by atoms with Crippen LogP contribution in [0.5, 0.6) is 5.75 Å². The Balaban J connectivity index is 1.90. The molecule has 5 nitrogen and oxygen atoms in total. The highest BCUT2D eigenvalue weighted by Crippen LogP contribution is 2.21. The van der Waals surface area contributed by atoms with Gasteiger partial charge in [0.05, 0.1) is 13.0 Å². The quantitative estimate of drug-likeness (QED) is 0.800. The van der Waals surface area contributed by atoms with E-state index in [2.05, 4.69) is 0 Å². The fourth-order valence-corrected chi connectivity index (χ4v) is 2.80. The van der Waals surface area contributed by atoms with Crippen LogP contribution in [0.3, 0.4) is 0 Å². The molecule has 1 aliphatic rings. The minimum absolute atomic E-state index is 0.0356. The first kappa shape index (κ1) is 17.3. The molecule has 1 aromatic carbocycles. The summed E-state index contributed by atoms with van der Waals surface area (Å²) in [6, 6.07) is 5.82. The molecule has 0 aliphatic carbocycles. The Kier molecular flexibility index (Phi) is 5.64. The third-order valence-electron chi connectivity index (χ3n) is 4.48. The minimum atomic E-state index is -0.535. The molecule has 126 valence electrons. The second kappa shape index (κ2) is 7.49. The zero-order valence-electron chi connectivity index (χ0n) is 14.3. The number of piperidine rings is 1. The summed E-state index contributed by atoms with van der Waals surface area (Å²) in [5, 5.41) is 0. The van der Waals surface area contributed by atoms with E-state index in [9.17, 15) is 9.59 Å². The molecule has 1 fully saturated rings. The summed E-state index contributed by atoms with van der Waals surface area (Å²) in [7, 11) is 1.40. The lowest BCUT2D eigenvalue weighted by Crippen LogP contribution is -2.45. The number of aryl methyl sites for hydroxylation is 2. The average Bonchev–Trinajstić information content (AvgIpc) is 2.57. The van der Waals surface area contributed by atoms with E-state index >= 15 is 0 Å². The molecule has 0 saturated carbocycles. The molecule has 0 radical (unpaired) electrons. The van der Waals surface area contributed by atoms with Gasteiger partial charge in [0, 0.05) is 13.1 Å². The fraction of sp³-hybridized carbons (Fsp3) is 0.556. The normalized spacial score (nSPS) is 16.8. The number of hydrogen-bond acceptors (Lipinski definition) is 4. The van der Waals surface area contributed by atoms with Gasteiger partial charge in [0.25, 0.3) is 5.91 Å². The number of methoxy groups -OCH3 is 1. The van der Waals surface area contributed by atoms with Gasteiger partial charge in [0.1, 0.15) is 5.75 Å². The molecule has 5 heteroatoms. The van der Waals surface area contributed by atoms with Crippen molar-refractivity contribution >= 4 is 11.9 Å². The maximum absolute atomic E-state index is 12.5. The fourth-order valence-electron chi connectivity index (χ4n) is 2.80. The first-order valence-electron chi connectivity index (χ1n) is 8.03. The lowest BCUT2D eigenvalue weighted by atomic mass is 9.97. The van der Waals surface area contributed by atoms with Gasteiger partial charge in [-0.2, -0.15) is 0 Å². The van der Waals surface area contributed by atoms with Crippen LogP contribution in [-0.4, -0.2) is 43.1 Å². The van der Waals surface area contributed by atoms with Crippen LogP contribution in [0.2, 0.25) is 0 Å². The van der Waals surface area contributed by atoms with Gasteiger partial charge in [0.15, 0.2) is 6.10 Å². The summed E-state index contributed by atoms with van der Waals surface area (Å²) >= 11 is 0. The molecular weight excluding hydrogens is 294 g/mol. The van der Waals surface area contributed by atoms with Crippen LogP contribution < -0.4 is 4.74 Å². The van der Waals surface area contributed by atoms with Crippen LogP contribution in [0, 0.1) is 19.8 Å². The zero-order chi connectivity index (χ0) is 17.0. The zero-order valence-corrected chi connectivity index (χ0v) is 14.3. The lowest BCUT2D eigenvalue weighted by Gasteiger charge is -2.32. The summed E-state index contributed by atoms with van der Waals surface area (Å²) in [6.45, 7) is 6.97. The van der Waals surface area contributed by atoms with Crippen molar-refractivity contribution < 1.29 is 19.1 Å². The van der Waals surface area contributed by atoms with Gasteiger partial charge in [-0.15, -0.1) is 0 Å². The van der Waals surface area contributed by atoms with Gasteiger partial charge in [-0.25, -0.2) is 0 Å². The van der Waals surface area contributed by atoms with Crippen molar-refractivity contribution in [3.8, 4) is 5.75 Å².